The third kappa shape index (κ3) is 5.60. The number of Topliss-reactive ketones (excluding diaryl/α,β-unsaturated/α-hetero) is 1. The molecule has 0 spiro atoms. The highest BCUT2D eigenvalue weighted by Crippen LogP contribution is 2.22. The molecule has 2 heterocycles. The van der Waals surface area contributed by atoms with Crippen molar-refractivity contribution in [2.24, 2.45) is 7.05 Å². The van der Waals surface area contributed by atoms with Gasteiger partial charge in [-0.15, -0.1) is 0 Å². The minimum Gasteiger partial charge on any atom is -0.464 e. The predicted molar refractivity (Wildman–Crippen MR) is 113 cm³/mol. The van der Waals surface area contributed by atoms with Crippen molar-refractivity contribution in [1.82, 2.24) is 19.7 Å². The van der Waals surface area contributed by atoms with Crippen molar-refractivity contribution >= 4 is 17.8 Å². The minimum atomic E-state index is -0.487. The van der Waals surface area contributed by atoms with Gasteiger partial charge in [0.15, 0.2) is 5.78 Å². The molecule has 9 heteroatoms. The number of ketones is 1. The van der Waals surface area contributed by atoms with Crippen LogP contribution in [0.2, 0.25) is 0 Å². The van der Waals surface area contributed by atoms with Gasteiger partial charge in [0.05, 0.1) is 26.9 Å². The molecule has 1 fully saturated rings. The number of hydrogen-bond acceptors (Lipinski definition) is 6. The first-order valence-corrected chi connectivity index (χ1v) is 10.3. The van der Waals surface area contributed by atoms with Crippen molar-refractivity contribution < 1.29 is 23.9 Å². The van der Waals surface area contributed by atoms with Gasteiger partial charge in [-0.1, -0.05) is 0 Å². The summed E-state index contributed by atoms with van der Waals surface area (Å²) in [5, 5.41) is 2.87. The number of hydrogen-bond donors (Lipinski definition) is 1. The number of nitrogens with one attached hydrogen (secondary N) is 1. The van der Waals surface area contributed by atoms with Crippen LogP contribution in [0.5, 0.6) is 0 Å². The number of carbonyl (C=O) groups is 3. The van der Waals surface area contributed by atoms with Crippen LogP contribution in [0.1, 0.15) is 46.0 Å². The van der Waals surface area contributed by atoms with Crippen LogP contribution in [0.4, 0.5) is 4.79 Å². The first-order chi connectivity index (χ1) is 14.2. The van der Waals surface area contributed by atoms with E-state index in [1.54, 1.807) is 30.4 Å². The van der Waals surface area contributed by atoms with Gasteiger partial charge in [-0.2, -0.15) is 0 Å². The summed E-state index contributed by atoms with van der Waals surface area (Å²) in [6.45, 7) is 11.3. The predicted octanol–water partition coefficient (Wildman–Crippen LogP) is 1.36. The highest BCUT2D eigenvalue weighted by atomic mass is 16.5. The van der Waals surface area contributed by atoms with Crippen LogP contribution < -0.4 is 5.32 Å². The number of esters is 1. The summed E-state index contributed by atoms with van der Waals surface area (Å²) >= 11 is 0. The summed E-state index contributed by atoms with van der Waals surface area (Å²) in [5.41, 5.74) is 2.07. The number of urea groups is 1. The molecule has 1 N–H and O–H groups in total. The molecule has 1 saturated heterocycles. The molecule has 0 aliphatic carbocycles. The Kier molecular flexibility index (Phi) is 8.43. The Labute approximate surface area is 178 Å². The van der Waals surface area contributed by atoms with Crippen LogP contribution in [0, 0.1) is 13.8 Å². The highest BCUT2D eigenvalue weighted by Gasteiger charge is 2.28. The summed E-state index contributed by atoms with van der Waals surface area (Å²) < 4.78 is 11.9. The van der Waals surface area contributed by atoms with Gasteiger partial charge in [-0.25, -0.2) is 9.59 Å². The topological polar surface area (TPSA) is 93.1 Å². The normalized spacial score (nSPS) is 14.6. The number of methoxy groups -OCH3 is 1. The van der Waals surface area contributed by atoms with Crippen molar-refractivity contribution in [3.63, 3.8) is 0 Å². The van der Waals surface area contributed by atoms with Gasteiger partial charge in [0, 0.05) is 50.5 Å². The van der Waals surface area contributed by atoms with Crippen LogP contribution in [0.3, 0.4) is 0 Å². The lowest BCUT2D eigenvalue weighted by molar-refractivity contribution is 0.0348. The Morgan fingerprint density at radius 1 is 1.20 bits per heavy atom. The molecule has 168 valence electrons. The maximum absolute atomic E-state index is 13.2. The summed E-state index contributed by atoms with van der Waals surface area (Å²) in [5.74, 6) is -0.685. The maximum atomic E-state index is 13.2. The molecule has 0 unspecified atom stereocenters. The van der Waals surface area contributed by atoms with E-state index in [-0.39, 0.29) is 24.4 Å². The molecule has 0 radical (unpaired) electrons. The average Bonchev–Trinajstić information content (AvgIpc) is 2.93. The number of rotatable bonds is 8. The van der Waals surface area contributed by atoms with Gasteiger partial charge in [0.25, 0.3) is 0 Å². The number of aromatic nitrogens is 1. The highest BCUT2D eigenvalue weighted by molar-refractivity contribution is 6.04. The van der Waals surface area contributed by atoms with Crippen molar-refractivity contribution in [2.45, 2.75) is 33.7 Å². The molecule has 0 atom stereocenters. The second-order valence-electron chi connectivity index (χ2n) is 7.89. The van der Waals surface area contributed by atoms with Gasteiger partial charge in [0.2, 0.25) is 0 Å². The first-order valence-electron chi connectivity index (χ1n) is 10.3. The van der Waals surface area contributed by atoms with Crippen LogP contribution in [-0.4, -0.2) is 91.2 Å². The molecular weight excluding hydrogens is 388 g/mol. The fraction of sp³-hybridized carbons (Fsp3) is 0.667. The van der Waals surface area contributed by atoms with E-state index in [2.05, 4.69) is 10.2 Å². The Bertz CT molecular complexity index is 781. The molecule has 1 aliphatic heterocycles. The van der Waals surface area contributed by atoms with Gasteiger partial charge < -0.3 is 24.3 Å². The Hall–Kier alpha value is -2.39. The molecular formula is C21H34N4O5. The van der Waals surface area contributed by atoms with Gasteiger partial charge in [-0.3, -0.25) is 9.69 Å². The fourth-order valence-corrected chi connectivity index (χ4v) is 3.70. The van der Waals surface area contributed by atoms with Crippen molar-refractivity contribution in [2.75, 3.05) is 53.0 Å². The van der Waals surface area contributed by atoms with E-state index >= 15 is 0 Å². The standard InChI is InChI=1S/C21H34N4O5/c1-14(2)22-21(28)25(8-7-24-9-11-30-12-10-24)13-17(26)18-15(3)19(20(27)29-6)23(5)16(18)4/h14H,7-13H2,1-6H3,(H,22,28). The van der Waals surface area contributed by atoms with Crippen molar-refractivity contribution in [3.8, 4) is 0 Å². The molecule has 2 rings (SSSR count). The fourth-order valence-electron chi connectivity index (χ4n) is 3.70. The molecule has 0 aromatic carbocycles. The number of amides is 2. The second kappa shape index (κ2) is 10.6. The molecule has 30 heavy (non-hydrogen) atoms. The van der Waals surface area contributed by atoms with Gasteiger partial charge in [0.1, 0.15) is 5.69 Å². The third-order valence-electron chi connectivity index (χ3n) is 5.41. The molecule has 9 nitrogen and oxygen atoms in total. The summed E-state index contributed by atoms with van der Waals surface area (Å²) in [7, 11) is 3.04. The zero-order valence-corrected chi connectivity index (χ0v) is 18.9. The van der Waals surface area contributed by atoms with E-state index in [9.17, 15) is 14.4 Å². The van der Waals surface area contributed by atoms with Gasteiger partial charge in [-0.05, 0) is 33.3 Å². The zero-order chi connectivity index (χ0) is 22.4. The van der Waals surface area contributed by atoms with E-state index in [0.717, 1.165) is 13.1 Å². The summed E-state index contributed by atoms with van der Waals surface area (Å²) in [4.78, 5) is 41.8. The lowest BCUT2D eigenvalue weighted by Crippen LogP contribution is -2.49. The van der Waals surface area contributed by atoms with Crippen LogP contribution in [-0.2, 0) is 16.5 Å². The van der Waals surface area contributed by atoms with Crippen LogP contribution >= 0.6 is 0 Å². The van der Waals surface area contributed by atoms with E-state index in [4.69, 9.17) is 9.47 Å². The minimum absolute atomic E-state index is 0.0374. The molecule has 1 aliphatic rings. The van der Waals surface area contributed by atoms with E-state index in [1.807, 2.05) is 13.8 Å². The second-order valence-corrected chi connectivity index (χ2v) is 7.89. The van der Waals surface area contributed by atoms with Gasteiger partial charge >= 0.3 is 12.0 Å². The Morgan fingerprint density at radius 3 is 2.40 bits per heavy atom. The quantitative estimate of drug-likeness (QED) is 0.502. The Balaban J connectivity index is 2.20. The van der Waals surface area contributed by atoms with E-state index < -0.39 is 5.97 Å². The number of carbonyl (C=O) groups excluding carboxylic acids is 3. The average molecular weight is 423 g/mol. The van der Waals surface area contributed by atoms with Crippen LogP contribution in [0.15, 0.2) is 0 Å². The smallest absolute Gasteiger partial charge is 0.354 e. The Morgan fingerprint density at radius 2 is 1.83 bits per heavy atom. The number of ether oxygens (including phenoxy) is 2. The first kappa shape index (κ1) is 23.9. The van der Waals surface area contributed by atoms with E-state index in [0.29, 0.717) is 48.8 Å². The molecule has 2 amide bonds. The molecule has 1 aromatic rings. The summed E-state index contributed by atoms with van der Waals surface area (Å²) in [6, 6.07) is -0.310. The largest absolute Gasteiger partial charge is 0.464 e. The maximum Gasteiger partial charge on any atom is 0.354 e. The zero-order valence-electron chi connectivity index (χ0n) is 18.9. The number of nitrogens with zero attached hydrogens (tertiary/aromatic N) is 3. The lowest BCUT2D eigenvalue weighted by Gasteiger charge is -2.30. The van der Waals surface area contributed by atoms with Crippen LogP contribution in [0.25, 0.3) is 0 Å². The lowest BCUT2D eigenvalue weighted by atomic mass is 10.1. The summed E-state index contributed by atoms with van der Waals surface area (Å²) in [6.07, 6.45) is 0. The molecule has 0 bridgehead atoms. The van der Waals surface area contributed by atoms with E-state index in [1.165, 1.54) is 7.11 Å². The molecule has 0 saturated carbocycles. The SMILES string of the molecule is COC(=O)c1c(C)c(C(=O)CN(CCN2CCOCC2)C(=O)NC(C)C)c(C)n1C. The monoisotopic (exact) mass is 422 g/mol. The number of morpholine rings is 1. The third-order valence-corrected chi connectivity index (χ3v) is 5.41. The van der Waals surface area contributed by atoms with Crippen molar-refractivity contribution in [3.05, 3.63) is 22.5 Å². The van der Waals surface area contributed by atoms with Crippen molar-refractivity contribution in [1.29, 1.82) is 0 Å². The molecule has 1 aromatic heterocycles.